The first-order chi connectivity index (χ1) is 23.0. The monoisotopic (exact) mass is 663 g/mol. The number of ether oxygens (including phenoxy) is 4. The average Bonchev–Trinajstić information content (AvgIpc) is 3.06. The lowest BCUT2D eigenvalue weighted by atomic mass is 9.95. The van der Waals surface area contributed by atoms with Crippen molar-refractivity contribution in [3.8, 4) is 11.5 Å². The predicted octanol–water partition coefficient (Wildman–Crippen LogP) is 5.69. The molecule has 0 fully saturated rings. The van der Waals surface area contributed by atoms with Crippen LogP contribution in [-0.4, -0.2) is 74.5 Å². The summed E-state index contributed by atoms with van der Waals surface area (Å²) in [4.78, 5) is 59.6. The molecule has 0 saturated carbocycles. The predicted molar refractivity (Wildman–Crippen MR) is 183 cm³/mol. The van der Waals surface area contributed by atoms with Crippen LogP contribution in [0.25, 0.3) is 0 Å². The largest absolute Gasteiger partial charge is 0.497 e. The first-order valence-corrected chi connectivity index (χ1v) is 16.4. The van der Waals surface area contributed by atoms with Gasteiger partial charge in [-0.1, -0.05) is 56.3 Å². The fraction of sp³-hybridized carbons (Fsp3) is 0.486. The molecule has 0 radical (unpaired) electrons. The second kappa shape index (κ2) is 19.2. The van der Waals surface area contributed by atoms with Gasteiger partial charge in [-0.25, -0.2) is 14.6 Å². The Kier molecular flexibility index (Phi) is 15.1. The maximum Gasteiger partial charge on any atom is 0.408 e. The molecule has 0 aromatic heterocycles. The highest BCUT2D eigenvalue weighted by Gasteiger charge is 2.30. The highest BCUT2D eigenvalue weighted by Crippen LogP contribution is 2.27. The summed E-state index contributed by atoms with van der Waals surface area (Å²) in [5, 5.41) is 2.69. The number of nitrogens with one attached hydrogen (secondary N) is 1. The zero-order chi connectivity index (χ0) is 35.1. The number of hydrogen-bond acceptors (Lipinski definition) is 8. The number of alkyl carbamates (subject to hydrolysis) is 1. The normalized spacial score (nSPS) is 21.0. The first-order valence-electron chi connectivity index (χ1n) is 16.4. The number of allylic oxidation sites excluding steroid dienone is 2. The molecule has 3 atom stereocenters. The van der Waals surface area contributed by atoms with E-state index in [1.165, 1.54) is 0 Å². The molecule has 11 heteroatoms. The lowest BCUT2D eigenvalue weighted by Gasteiger charge is -2.24. The Bertz CT molecular complexity index is 1440. The molecule has 48 heavy (non-hydrogen) atoms. The van der Waals surface area contributed by atoms with Crippen molar-refractivity contribution in [2.24, 2.45) is 16.8 Å². The van der Waals surface area contributed by atoms with Crippen molar-refractivity contribution < 1.29 is 38.1 Å². The van der Waals surface area contributed by atoms with Gasteiger partial charge in [0.25, 0.3) is 5.91 Å². The van der Waals surface area contributed by atoms with Gasteiger partial charge in [0, 0.05) is 44.0 Å². The smallest absolute Gasteiger partial charge is 0.408 e. The molecule has 0 bridgehead atoms. The summed E-state index contributed by atoms with van der Waals surface area (Å²) < 4.78 is 21.9. The van der Waals surface area contributed by atoms with E-state index in [4.69, 9.17) is 18.9 Å². The van der Waals surface area contributed by atoms with Crippen molar-refractivity contribution in [1.29, 1.82) is 0 Å². The zero-order valence-electron chi connectivity index (χ0n) is 28.9. The van der Waals surface area contributed by atoms with Crippen LogP contribution in [0, 0.1) is 11.8 Å². The van der Waals surface area contributed by atoms with Crippen molar-refractivity contribution in [2.45, 2.75) is 78.0 Å². The van der Waals surface area contributed by atoms with E-state index in [9.17, 15) is 19.2 Å². The SMILES string of the molecule is CCOC(=O)/C1=N\C(=O)[C@H](CC(C)C)NC(=O)OC(Cc2ccccc2)CC/C=C/CC(C(=O)N(C)Cc2ccc(OC)cc2OC)C1. The second-order valence-electron chi connectivity index (χ2n) is 12.2. The van der Waals surface area contributed by atoms with Crippen LogP contribution in [0.5, 0.6) is 11.5 Å². The minimum absolute atomic E-state index is 0.0183. The molecule has 3 rings (SSSR count). The van der Waals surface area contributed by atoms with Crippen LogP contribution >= 0.6 is 0 Å². The third kappa shape index (κ3) is 11.8. The van der Waals surface area contributed by atoms with Crippen molar-refractivity contribution in [2.75, 3.05) is 27.9 Å². The van der Waals surface area contributed by atoms with E-state index >= 15 is 0 Å². The molecule has 0 spiro atoms. The lowest BCUT2D eigenvalue weighted by Crippen LogP contribution is -2.43. The molecule has 0 aliphatic carbocycles. The van der Waals surface area contributed by atoms with E-state index in [1.54, 1.807) is 45.2 Å². The summed E-state index contributed by atoms with van der Waals surface area (Å²) in [6.45, 7) is 5.78. The van der Waals surface area contributed by atoms with Crippen LogP contribution in [-0.2, 0) is 36.8 Å². The molecule has 0 saturated heterocycles. The molecule has 1 aliphatic heterocycles. The van der Waals surface area contributed by atoms with Gasteiger partial charge in [-0.3, -0.25) is 9.59 Å². The maximum absolute atomic E-state index is 14.0. The number of rotatable bonds is 11. The van der Waals surface area contributed by atoms with Crippen LogP contribution in [0.2, 0.25) is 0 Å². The summed E-state index contributed by atoms with van der Waals surface area (Å²) in [6, 6.07) is 14.1. The standard InChI is InChI=1S/C37H49N3O8/c1-7-47-36(43)32-22-27(35(42)40(4)24-28-18-19-29(45-5)23-33(28)46-6)16-12-9-13-17-30(21-26-14-10-8-11-15-26)48-37(44)39-31(20-25(2)3)34(41)38-32/h8-12,14-15,18-19,23,25,27,30-31H,7,13,16-17,20-22,24H2,1-6H3,(H,39,44)/b12-9+,38-32-/t27?,30?,31-/m0/s1. The Morgan fingerprint density at radius 1 is 1.06 bits per heavy atom. The fourth-order valence-electron chi connectivity index (χ4n) is 5.49. The molecular weight excluding hydrogens is 614 g/mol. The third-order valence-electron chi connectivity index (χ3n) is 7.94. The zero-order valence-corrected chi connectivity index (χ0v) is 28.9. The van der Waals surface area contributed by atoms with E-state index < -0.39 is 36.0 Å². The molecule has 260 valence electrons. The summed E-state index contributed by atoms with van der Waals surface area (Å²) in [5.74, 6) is -1.26. The van der Waals surface area contributed by atoms with Crippen molar-refractivity contribution in [3.05, 3.63) is 71.8 Å². The summed E-state index contributed by atoms with van der Waals surface area (Å²) in [7, 11) is 4.79. The summed E-state index contributed by atoms with van der Waals surface area (Å²) >= 11 is 0. The number of carbonyl (C=O) groups excluding carboxylic acids is 4. The molecule has 3 amide bonds. The molecular formula is C37H49N3O8. The Balaban J connectivity index is 1.97. The minimum Gasteiger partial charge on any atom is -0.497 e. The minimum atomic E-state index is -1.04. The van der Waals surface area contributed by atoms with Gasteiger partial charge < -0.3 is 29.2 Å². The van der Waals surface area contributed by atoms with E-state index in [-0.39, 0.29) is 50.0 Å². The van der Waals surface area contributed by atoms with Gasteiger partial charge in [0.15, 0.2) is 0 Å². The number of methoxy groups -OCH3 is 2. The van der Waals surface area contributed by atoms with Crippen LogP contribution in [0.1, 0.15) is 64.0 Å². The van der Waals surface area contributed by atoms with E-state index in [2.05, 4.69) is 10.3 Å². The number of hydrogen-bond donors (Lipinski definition) is 1. The van der Waals surface area contributed by atoms with Gasteiger partial charge >= 0.3 is 12.1 Å². The summed E-state index contributed by atoms with van der Waals surface area (Å²) in [5.41, 5.74) is 1.61. The Morgan fingerprint density at radius 3 is 2.48 bits per heavy atom. The number of nitrogens with zero attached hydrogens (tertiary/aromatic N) is 2. The molecule has 11 nitrogen and oxygen atoms in total. The number of esters is 1. The molecule has 2 aromatic rings. The van der Waals surface area contributed by atoms with E-state index in [1.807, 2.05) is 62.4 Å². The molecule has 1 heterocycles. The Hall–Kier alpha value is -4.67. The molecule has 1 N–H and O–H groups in total. The topological polar surface area (TPSA) is 133 Å². The molecule has 1 aliphatic rings. The lowest BCUT2D eigenvalue weighted by molar-refractivity contribution is -0.136. The van der Waals surface area contributed by atoms with Crippen LogP contribution in [0.3, 0.4) is 0 Å². The average molecular weight is 664 g/mol. The number of carbonyl (C=O) groups is 4. The number of benzene rings is 2. The van der Waals surface area contributed by atoms with Gasteiger partial charge in [0.1, 0.15) is 29.4 Å². The van der Waals surface area contributed by atoms with Gasteiger partial charge in [-0.2, -0.15) is 0 Å². The van der Waals surface area contributed by atoms with Gasteiger partial charge in [0.05, 0.1) is 20.8 Å². The van der Waals surface area contributed by atoms with Crippen LogP contribution in [0.4, 0.5) is 4.79 Å². The number of cyclic esters (lactones) is 1. The Labute approximate surface area is 283 Å². The van der Waals surface area contributed by atoms with Crippen molar-refractivity contribution in [3.63, 3.8) is 0 Å². The highest BCUT2D eigenvalue weighted by molar-refractivity contribution is 6.38. The van der Waals surface area contributed by atoms with Crippen molar-refractivity contribution in [1.82, 2.24) is 10.2 Å². The van der Waals surface area contributed by atoms with Gasteiger partial charge in [-0.05, 0) is 56.2 Å². The molecule has 2 aromatic carbocycles. The summed E-state index contributed by atoms with van der Waals surface area (Å²) in [6.07, 6.45) is 4.67. The molecule has 2 unspecified atom stereocenters. The van der Waals surface area contributed by atoms with Crippen LogP contribution in [0.15, 0.2) is 65.7 Å². The van der Waals surface area contributed by atoms with Gasteiger partial charge in [-0.15, -0.1) is 0 Å². The number of aliphatic imine (C=N–C) groups is 1. The van der Waals surface area contributed by atoms with Crippen LogP contribution < -0.4 is 14.8 Å². The third-order valence-corrected chi connectivity index (χ3v) is 7.94. The van der Waals surface area contributed by atoms with E-state index in [0.717, 1.165) is 11.1 Å². The maximum atomic E-state index is 14.0. The highest BCUT2D eigenvalue weighted by atomic mass is 16.6. The number of amides is 3. The van der Waals surface area contributed by atoms with E-state index in [0.29, 0.717) is 30.8 Å². The second-order valence-corrected chi connectivity index (χ2v) is 12.2. The first kappa shape index (κ1) is 37.8. The van der Waals surface area contributed by atoms with Gasteiger partial charge in [0.2, 0.25) is 5.91 Å². The fourth-order valence-corrected chi connectivity index (χ4v) is 5.49. The quantitative estimate of drug-likeness (QED) is 0.240. The Morgan fingerprint density at radius 2 is 1.81 bits per heavy atom. The van der Waals surface area contributed by atoms with Crippen molar-refractivity contribution >= 4 is 29.6 Å².